The largest absolute Gasteiger partial charge is 0.352 e. The van der Waals surface area contributed by atoms with Gasteiger partial charge in [-0.15, -0.1) is 11.3 Å². The predicted octanol–water partition coefficient (Wildman–Crippen LogP) is 3.54. The Morgan fingerprint density at radius 3 is 2.55 bits per heavy atom. The predicted molar refractivity (Wildman–Crippen MR) is 83.1 cm³/mol. The van der Waals surface area contributed by atoms with E-state index in [9.17, 15) is 13.2 Å². The molecule has 0 saturated carbocycles. The molecule has 1 aromatic heterocycles. The molecule has 0 unspecified atom stereocenters. The van der Waals surface area contributed by atoms with E-state index < -0.39 is 9.05 Å². The van der Waals surface area contributed by atoms with E-state index in [1.807, 2.05) is 0 Å². The maximum Gasteiger partial charge on any atom is 0.271 e. The Bertz CT molecular complexity index is 564. The average molecular weight is 338 g/mol. The highest BCUT2D eigenvalue weighted by molar-refractivity contribution is 8.15. The zero-order valence-electron chi connectivity index (χ0n) is 11.9. The van der Waals surface area contributed by atoms with Crippen LogP contribution in [0.25, 0.3) is 0 Å². The first-order valence-corrected chi connectivity index (χ1v) is 9.73. The molecular formula is C13H20ClNO3S2. The molecule has 0 atom stereocenters. The third-order valence-electron chi connectivity index (χ3n) is 2.95. The van der Waals surface area contributed by atoms with Crippen molar-refractivity contribution in [2.75, 3.05) is 6.54 Å². The minimum atomic E-state index is -3.77. The van der Waals surface area contributed by atoms with Gasteiger partial charge in [-0.05, 0) is 24.8 Å². The molecule has 1 aromatic rings. The van der Waals surface area contributed by atoms with Crippen LogP contribution in [0.3, 0.4) is 0 Å². The van der Waals surface area contributed by atoms with E-state index >= 15 is 0 Å². The van der Waals surface area contributed by atoms with Gasteiger partial charge in [0.1, 0.15) is 4.21 Å². The Labute approximate surface area is 129 Å². The van der Waals surface area contributed by atoms with Crippen molar-refractivity contribution in [3.63, 3.8) is 0 Å². The first-order chi connectivity index (χ1) is 9.23. The van der Waals surface area contributed by atoms with Gasteiger partial charge < -0.3 is 5.32 Å². The molecule has 1 N–H and O–H groups in total. The van der Waals surface area contributed by atoms with Crippen molar-refractivity contribution in [1.29, 1.82) is 0 Å². The van der Waals surface area contributed by atoms with Gasteiger partial charge in [-0.25, -0.2) is 8.42 Å². The molecule has 7 heteroatoms. The maximum atomic E-state index is 12.0. The third kappa shape index (κ3) is 5.07. The standard InChI is InChI=1S/C13H20ClNO3S2/c1-9(2)6-4-5-7-15-12(16)11-8-19-13(10(11)3)20(14,17)18/h8-9H,4-7H2,1-3H3,(H,15,16). The number of thiophene rings is 1. The first-order valence-electron chi connectivity index (χ1n) is 6.54. The Kier molecular flexibility index (Phi) is 6.48. The Morgan fingerprint density at radius 1 is 1.40 bits per heavy atom. The van der Waals surface area contributed by atoms with E-state index in [1.165, 1.54) is 5.38 Å². The highest BCUT2D eigenvalue weighted by atomic mass is 35.7. The fourth-order valence-electron chi connectivity index (χ4n) is 1.84. The number of rotatable bonds is 7. The van der Waals surface area contributed by atoms with Crippen LogP contribution in [0.4, 0.5) is 0 Å². The molecule has 1 rings (SSSR count). The number of carbonyl (C=O) groups is 1. The lowest BCUT2D eigenvalue weighted by molar-refractivity contribution is 0.0952. The maximum absolute atomic E-state index is 12.0. The molecule has 20 heavy (non-hydrogen) atoms. The summed E-state index contributed by atoms with van der Waals surface area (Å²) in [5.41, 5.74) is 0.808. The Morgan fingerprint density at radius 2 is 2.05 bits per heavy atom. The van der Waals surface area contributed by atoms with Gasteiger partial charge >= 0.3 is 0 Å². The lowest BCUT2D eigenvalue weighted by atomic mass is 10.1. The molecular weight excluding hydrogens is 318 g/mol. The van der Waals surface area contributed by atoms with Crippen LogP contribution in [0, 0.1) is 12.8 Å². The van der Waals surface area contributed by atoms with Crippen molar-refractivity contribution < 1.29 is 13.2 Å². The quantitative estimate of drug-likeness (QED) is 0.611. The van der Waals surface area contributed by atoms with Crippen LogP contribution >= 0.6 is 22.0 Å². The van der Waals surface area contributed by atoms with E-state index in [2.05, 4.69) is 19.2 Å². The van der Waals surface area contributed by atoms with Crippen molar-refractivity contribution in [2.45, 2.75) is 44.2 Å². The normalized spacial score (nSPS) is 11.8. The molecule has 1 heterocycles. The number of nitrogens with one attached hydrogen (secondary N) is 1. The van der Waals surface area contributed by atoms with Gasteiger partial charge in [0.15, 0.2) is 0 Å². The smallest absolute Gasteiger partial charge is 0.271 e. The van der Waals surface area contributed by atoms with Gasteiger partial charge in [0.05, 0.1) is 5.56 Å². The number of hydrogen-bond donors (Lipinski definition) is 1. The molecule has 4 nitrogen and oxygen atoms in total. The molecule has 1 amide bonds. The Balaban J connectivity index is 2.55. The van der Waals surface area contributed by atoms with Crippen LogP contribution in [0.1, 0.15) is 49.0 Å². The summed E-state index contributed by atoms with van der Waals surface area (Å²) in [5.74, 6) is 0.427. The molecule has 0 bridgehead atoms. The van der Waals surface area contributed by atoms with Crippen LogP contribution in [-0.4, -0.2) is 20.9 Å². The lowest BCUT2D eigenvalue weighted by Gasteiger charge is -2.06. The van der Waals surface area contributed by atoms with E-state index in [1.54, 1.807) is 6.92 Å². The topological polar surface area (TPSA) is 63.2 Å². The molecule has 0 fully saturated rings. The molecule has 0 aromatic carbocycles. The van der Waals surface area contributed by atoms with Crippen LogP contribution < -0.4 is 5.32 Å². The van der Waals surface area contributed by atoms with Crippen molar-refractivity contribution in [3.05, 3.63) is 16.5 Å². The molecule has 0 aliphatic carbocycles. The van der Waals surface area contributed by atoms with E-state index in [-0.39, 0.29) is 10.1 Å². The van der Waals surface area contributed by atoms with Crippen LogP contribution in [-0.2, 0) is 9.05 Å². The van der Waals surface area contributed by atoms with Crippen LogP contribution in [0.2, 0.25) is 0 Å². The van der Waals surface area contributed by atoms with Gasteiger partial charge in [-0.3, -0.25) is 4.79 Å². The molecule has 0 aliphatic heterocycles. The second-order valence-electron chi connectivity index (χ2n) is 5.15. The second-order valence-corrected chi connectivity index (χ2v) is 8.79. The monoisotopic (exact) mass is 337 g/mol. The van der Waals surface area contributed by atoms with Crippen LogP contribution in [0.15, 0.2) is 9.59 Å². The SMILES string of the molecule is Cc1c(C(=O)NCCCCC(C)C)csc1S(=O)(=O)Cl. The molecule has 0 radical (unpaired) electrons. The summed E-state index contributed by atoms with van der Waals surface area (Å²) in [6.45, 7) is 6.53. The minimum Gasteiger partial charge on any atom is -0.352 e. The van der Waals surface area contributed by atoms with Gasteiger partial charge in [0, 0.05) is 22.6 Å². The lowest BCUT2D eigenvalue weighted by Crippen LogP contribution is -2.24. The number of unbranched alkanes of at least 4 members (excludes halogenated alkanes) is 1. The first kappa shape index (κ1) is 17.5. The van der Waals surface area contributed by atoms with E-state index in [4.69, 9.17) is 10.7 Å². The summed E-state index contributed by atoms with van der Waals surface area (Å²) in [7, 11) is 1.53. The van der Waals surface area contributed by atoms with Crippen molar-refractivity contribution in [2.24, 2.45) is 5.92 Å². The zero-order valence-corrected chi connectivity index (χ0v) is 14.3. The van der Waals surface area contributed by atoms with Crippen molar-refractivity contribution in [1.82, 2.24) is 5.32 Å². The number of amides is 1. The summed E-state index contributed by atoms with van der Waals surface area (Å²) in [6, 6.07) is 0. The van der Waals surface area contributed by atoms with Gasteiger partial charge in [-0.1, -0.05) is 26.7 Å². The summed E-state index contributed by atoms with van der Waals surface area (Å²) >= 11 is 0.978. The summed E-state index contributed by atoms with van der Waals surface area (Å²) in [4.78, 5) is 12.0. The molecule has 0 aliphatic rings. The summed E-state index contributed by atoms with van der Waals surface area (Å²) in [6.07, 6.45) is 3.14. The Hall–Kier alpha value is -0.590. The van der Waals surface area contributed by atoms with E-state index in [0.717, 1.165) is 30.6 Å². The van der Waals surface area contributed by atoms with E-state index in [0.29, 0.717) is 23.6 Å². The zero-order chi connectivity index (χ0) is 15.3. The van der Waals surface area contributed by atoms with Gasteiger partial charge in [0.25, 0.3) is 15.0 Å². The fourth-order valence-corrected chi connectivity index (χ4v) is 4.39. The summed E-state index contributed by atoms with van der Waals surface area (Å²) in [5, 5.41) is 4.34. The van der Waals surface area contributed by atoms with Crippen LogP contribution in [0.5, 0.6) is 0 Å². The van der Waals surface area contributed by atoms with Gasteiger partial charge in [-0.2, -0.15) is 0 Å². The highest BCUT2D eigenvalue weighted by Crippen LogP contribution is 2.29. The third-order valence-corrected chi connectivity index (χ3v) is 6.26. The second kappa shape index (κ2) is 7.43. The fraction of sp³-hybridized carbons (Fsp3) is 0.615. The van der Waals surface area contributed by atoms with Crippen molar-refractivity contribution in [3.8, 4) is 0 Å². The number of hydrogen-bond acceptors (Lipinski definition) is 4. The molecule has 0 saturated heterocycles. The van der Waals surface area contributed by atoms with Gasteiger partial charge in [0.2, 0.25) is 0 Å². The number of halogens is 1. The highest BCUT2D eigenvalue weighted by Gasteiger charge is 2.21. The average Bonchev–Trinajstić information content (AvgIpc) is 2.69. The number of carbonyl (C=O) groups excluding carboxylic acids is 1. The van der Waals surface area contributed by atoms with Crippen molar-refractivity contribution >= 4 is 37.0 Å². The summed E-state index contributed by atoms with van der Waals surface area (Å²) < 4.78 is 22.6. The minimum absolute atomic E-state index is 0.0455. The molecule has 0 spiro atoms. The molecule has 114 valence electrons.